The third-order valence-electron chi connectivity index (χ3n) is 5.46. The van der Waals surface area contributed by atoms with E-state index in [9.17, 15) is 9.59 Å². The summed E-state index contributed by atoms with van der Waals surface area (Å²) in [4.78, 5) is 28.8. The number of nitrogens with zero attached hydrogens (tertiary/aromatic N) is 1. The molecule has 3 rings (SSSR count). The number of rotatable bonds is 9. The van der Waals surface area contributed by atoms with Crippen molar-refractivity contribution in [3.8, 4) is 0 Å². The number of thioether (sulfide) groups is 1. The Bertz CT molecular complexity index is 823. The highest BCUT2D eigenvalue weighted by molar-refractivity contribution is 9.10. The summed E-state index contributed by atoms with van der Waals surface area (Å²) >= 11 is 5.12. The van der Waals surface area contributed by atoms with Crippen molar-refractivity contribution < 1.29 is 9.59 Å². The molecule has 0 aliphatic heterocycles. The molecule has 6 heteroatoms. The molecule has 160 valence electrons. The zero-order valence-electron chi connectivity index (χ0n) is 17.4. The van der Waals surface area contributed by atoms with E-state index < -0.39 is 6.04 Å². The number of hydrogen-bond acceptors (Lipinski definition) is 3. The van der Waals surface area contributed by atoms with Gasteiger partial charge < -0.3 is 10.2 Å². The Hall–Kier alpha value is -1.79. The Morgan fingerprint density at radius 1 is 1.10 bits per heavy atom. The van der Waals surface area contributed by atoms with Crippen molar-refractivity contribution in [3.05, 3.63) is 64.6 Å². The molecule has 1 aliphatic rings. The van der Waals surface area contributed by atoms with Crippen molar-refractivity contribution in [2.24, 2.45) is 0 Å². The lowest BCUT2D eigenvalue weighted by atomic mass is 10.1. The number of benzene rings is 2. The molecule has 2 aromatic carbocycles. The molecule has 0 spiro atoms. The Labute approximate surface area is 191 Å². The van der Waals surface area contributed by atoms with Gasteiger partial charge >= 0.3 is 0 Å². The Kier molecular flexibility index (Phi) is 8.82. The SMILES string of the molecule is C[C@H](C(=O)NC1CCCC1)N(Cc1ccc(Br)cc1)C(=O)CCSc1ccccc1. The summed E-state index contributed by atoms with van der Waals surface area (Å²) in [6.45, 7) is 2.27. The maximum Gasteiger partial charge on any atom is 0.242 e. The molecule has 2 amide bonds. The van der Waals surface area contributed by atoms with Gasteiger partial charge in [-0.2, -0.15) is 0 Å². The lowest BCUT2D eigenvalue weighted by molar-refractivity contribution is -0.140. The molecular weight excluding hydrogens is 460 g/mol. The van der Waals surface area contributed by atoms with Gasteiger partial charge in [0.2, 0.25) is 11.8 Å². The van der Waals surface area contributed by atoms with Crippen molar-refractivity contribution >= 4 is 39.5 Å². The third-order valence-corrected chi connectivity index (χ3v) is 7.01. The standard InChI is InChI=1S/C24H29BrN2O2S/c1-18(24(29)26-21-7-5-6-8-21)27(17-19-11-13-20(25)14-12-19)23(28)15-16-30-22-9-3-2-4-10-22/h2-4,9-14,18,21H,5-8,15-17H2,1H3,(H,26,29)/t18-/m1/s1. The molecule has 1 fully saturated rings. The molecule has 1 aliphatic carbocycles. The van der Waals surface area contributed by atoms with E-state index in [1.807, 2.05) is 61.5 Å². The maximum atomic E-state index is 13.1. The zero-order chi connectivity index (χ0) is 21.3. The van der Waals surface area contributed by atoms with Gasteiger partial charge in [-0.05, 0) is 49.6 Å². The van der Waals surface area contributed by atoms with Gasteiger partial charge in [0.25, 0.3) is 0 Å². The minimum absolute atomic E-state index is 0.00965. The molecule has 0 unspecified atom stereocenters. The van der Waals surface area contributed by atoms with Crippen LogP contribution in [-0.4, -0.2) is 34.6 Å². The van der Waals surface area contributed by atoms with Gasteiger partial charge in [0.05, 0.1) is 0 Å². The molecule has 0 radical (unpaired) electrons. The van der Waals surface area contributed by atoms with Crippen molar-refractivity contribution in [2.45, 2.75) is 62.6 Å². The first-order chi connectivity index (χ1) is 14.5. The Balaban J connectivity index is 1.64. The first kappa shape index (κ1) is 22.9. The van der Waals surface area contributed by atoms with Crippen LogP contribution in [0.5, 0.6) is 0 Å². The predicted molar refractivity (Wildman–Crippen MR) is 126 cm³/mol. The lowest BCUT2D eigenvalue weighted by Gasteiger charge is -2.30. The summed E-state index contributed by atoms with van der Waals surface area (Å²) in [5.41, 5.74) is 1.02. The van der Waals surface area contributed by atoms with Gasteiger partial charge in [0, 0.05) is 34.1 Å². The average Bonchev–Trinajstić information content (AvgIpc) is 3.26. The molecule has 0 bridgehead atoms. The van der Waals surface area contributed by atoms with E-state index in [-0.39, 0.29) is 17.9 Å². The van der Waals surface area contributed by atoms with Crippen LogP contribution in [0.15, 0.2) is 64.0 Å². The minimum Gasteiger partial charge on any atom is -0.352 e. The largest absolute Gasteiger partial charge is 0.352 e. The molecule has 1 atom stereocenters. The summed E-state index contributed by atoms with van der Waals surface area (Å²) in [6, 6.07) is 17.7. The van der Waals surface area contributed by atoms with Gasteiger partial charge in [-0.15, -0.1) is 11.8 Å². The highest BCUT2D eigenvalue weighted by atomic mass is 79.9. The van der Waals surface area contributed by atoms with Crippen molar-refractivity contribution in [2.75, 3.05) is 5.75 Å². The number of hydrogen-bond donors (Lipinski definition) is 1. The fourth-order valence-electron chi connectivity index (χ4n) is 3.68. The summed E-state index contributed by atoms with van der Waals surface area (Å²) in [5.74, 6) is 0.648. The molecule has 1 saturated carbocycles. The molecule has 0 saturated heterocycles. The smallest absolute Gasteiger partial charge is 0.242 e. The fraction of sp³-hybridized carbons (Fsp3) is 0.417. The Morgan fingerprint density at radius 2 is 1.77 bits per heavy atom. The van der Waals surface area contributed by atoms with Gasteiger partial charge in [0.1, 0.15) is 6.04 Å². The fourth-order valence-corrected chi connectivity index (χ4v) is 4.80. The molecular formula is C24H29BrN2O2S. The number of amides is 2. The van der Waals surface area contributed by atoms with Gasteiger partial charge in [0.15, 0.2) is 0 Å². The zero-order valence-corrected chi connectivity index (χ0v) is 19.8. The molecule has 4 nitrogen and oxygen atoms in total. The second-order valence-electron chi connectivity index (χ2n) is 7.73. The van der Waals surface area contributed by atoms with Crippen LogP contribution in [0.3, 0.4) is 0 Å². The summed E-state index contributed by atoms with van der Waals surface area (Å²) < 4.78 is 0.996. The van der Waals surface area contributed by atoms with Crippen molar-refractivity contribution in [1.29, 1.82) is 0 Å². The quantitative estimate of drug-likeness (QED) is 0.480. The number of carbonyl (C=O) groups is 2. The van der Waals surface area contributed by atoms with E-state index in [0.717, 1.165) is 40.6 Å². The van der Waals surface area contributed by atoms with Crippen LogP contribution < -0.4 is 5.32 Å². The molecule has 0 aromatic heterocycles. The first-order valence-corrected chi connectivity index (χ1v) is 12.3. The molecule has 1 N–H and O–H groups in total. The first-order valence-electron chi connectivity index (χ1n) is 10.5. The summed E-state index contributed by atoms with van der Waals surface area (Å²) in [7, 11) is 0. The summed E-state index contributed by atoms with van der Waals surface area (Å²) in [6.07, 6.45) is 4.80. The van der Waals surface area contributed by atoms with E-state index in [2.05, 4.69) is 21.2 Å². The van der Waals surface area contributed by atoms with Crippen molar-refractivity contribution in [3.63, 3.8) is 0 Å². The monoisotopic (exact) mass is 488 g/mol. The molecule has 30 heavy (non-hydrogen) atoms. The second kappa shape index (κ2) is 11.6. The van der Waals surface area contributed by atoms with Crippen LogP contribution in [0.1, 0.15) is 44.6 Å². The van der Waals surface area contributed by atoms with E-state index in [1.54, 1.807) is 16.7 Å². The third kappa shape index (κ3) is 6.88. The van der Waals surface area contributed by atoms with Gasteiger partial charge in [-0.25, -0.2) is 0 Å². The van der Waals surface area contributed by atoms with Crippen LogP contribution in [0.25, 0.3) is 0 Å². The number of halogens is 1. The lowest BCUT2D eigenvalue weighted by Crippen LogP contribution is -2.49. The highest BCUT2D eigenvalue weighted by Gasteiger charge is 2.28. The van der Waals surface area contributed by atoms with Crippen molar-refractivity contribution in [1.82, 2.24) is 10.2 Å². The van der Waals surface area contributed by atoms with E-state index in [1.165, 1.54) is 0 Å². The normalized spacial score (nSPS) is 15.0. The van der Waals surface area contributed by atoms with Crippen LogP contribution in [0.4, 0.5) is 0 Å². The maximum absolute atomic E-state index is 13.1. The number of nitrogens with one attached hydrogen (secondary N) is 1. The van der Waals surface area contributed by atoms with E-state index in [4.69, 9.17) is 0 Å². The highest BCUT2D eigenvalue weighted by Crippen LogP contribution is 2.21. The van der Waals surface area contributed by atoms with Crippen LogP contribution in [0.2, 0.25) is 0 Å². The summed E-state index contributed by atoms with van der Waals surface area (Å²) in [5, 5.41) is 3.15. The van der Waals surface area contributed by atoms with Gasteiger partial charge in [-0.3, -0.25) is 9.59 Å². The minimum atomic E-state index is -0.497. The number of carbonyl (C=O) groups excluding carboxylic acids is 2. The topological polar surface area (TPSA) is 49.4 Å². The molecule has 2 aromatic rings. The van der Waals surface area contributed by atoms with Crippen LogP contribution >= 0.6 is 27.7 Å². The van der Waals surface area contributed by atoms with Crippen LogP contribution in [-0.2, 0) is 16.1 Å². The second-order valence-corrected chi connectivity index (χ2v) is 9.81. The molecule has 0 heterocycles. The van der Waals surface area contributed by atoms with Gasteiger partial charge in [-0.1, -0.05) is 59.1 Å². The van der Waals surface area contributed by atoms with E-state index in [0.29, 0.717) is 18.7 Å². The average molecular weight is 489 g/mol. The predicted octanol–water partition coefficient (Wildman–Crippen LogP) is 5.41. The van der Waals surface area contributed by atoms with Crippen LogP contribution in [0, 0.1) is 0 Å². The Morgan fingerprint density at radius 3 is 2.43 bits per heavy atom. The van der Waals surface area contributed by atoms with E-state index >= 15 is 0 Å².